The number of thioether (sulfide) groups is 1. The largest absolute Gasteiger partial charge is 0.480 e. The molecule has 146 valence electrons. The monoisotopic (exact) mass is 405 g/mol. The molecule has 2 heterocycles. The number of hydrogen-bond donors (Lipinski definition) is 1. The van der Waals surface area contributed by atoms with Gasteiger partial charge in [0.25, 0.3) is 0 Å². The molecule has 0 unspecified atom stereocenters. The second kappa shape index (κ2) is 6.88. The highest BCUT2D eigenvalue weighted by Crippen LogP contribution is 2.36. The summed E-state index contributed by atoms with van der Waals surface area (Å²) >= 11 is 1.83. The molecule has 0 saturated heterocycles. The first-order valence-electron chi connectivity index (χ1n) is 8.89. The molecule has 1 aromatic heterocycles. The second-order valence-corrected chi connectivity index (χ2v) is 8.13. The van der Waals surface area contributed by atoms with E-state index in [-0.39, 0.29) is 6.54 Å². The smallest absolute Gasteiger partial charge is 0.416 e. The van der Waals surface area contributed by atoms with Crippen molar-refractivity contribution in [1.29, 1.82) is 0 Å². The molecule has 0 aliphatic carbocycles. The first-order chi connectivity index (χ1) is 13.2. The van der Waals surface area contributed by atoms with E-state index in [0.717, 1.165) is 35.4 Å². The number of alkyl halides is 3. The van der Waals surface area contributed by atoms with E-state index in [2.05, 4.69) is 12.1 Å². The average molecular weight is 405 g/mol. The van der Waals surface area contributed by atoms with Crippen LogP contribution >= 0.6 is 11.8 Å². The molecule has 0 spiro atoms. The number of carboxylic acids is 1. The van der Waals surface area contributed by atoms with Gasteiger partial charge in [0.1, 0.15) is 6.54 Å². The lowest BCUT2D eigenvalue weighted by molar-refractivity contribution is -0.138. The van der Waals surface area contributed by atoms with Crippen molar-refractivity contribution in [3.05, 3.63) is 64.3 Å². The van der Waals surface area contributed by atoms with Crippen LogP contribution < -0.4 is 0 Å². The Balaban J connectivity index is 1.83. The van der Waals surface area contributed by atoms with Gasteiger partial charge < -0.3 is 9.67 Å². The van der Waals surface area contributed by atoms with Gasteiger partial charge in [-0.15, -0.1) is 11.8 Å². The maximum atomic E-state index is 13.2. The van der Waals surface area contributed by atoms with E-state index in [0.29, 0.717) is 23.0 Å². The molecule has 4 rings (SSSR count). The minimum absolute atomic E-state index is 0.307. The number of hydrogen-bond acceptors (Lipinski definition) is 2. The molecule has 0 amide bonds. The second-order valence-electron chi connectivity index (χ2n) is 6.99. The topological polar surface area (TPSA) is 42.2 Å². The van der Waals surface area contributed by atoms with Gasteiger partial charge in [0.05, 0.1) is 5.56 Å². The lowest BCUT2D eigenvalue weighted by atomic mass is 9.99. The van der Waals surface area contributed by atoms with Crippen LogP contribution in [0.1, 0.15) is 27.9 Å². The molecule has 1 aliphatic heterocycles. The zero-order valence-corrected chi connectivity index (χ0v) is 16.0. The Hall–Kier alpha value is -2.41. The third kappa shape index (κ3) is 3.39. The summed E-state index contributed by atoms with van der Waals surface area (Å²) in [6.07, 6.45) is -2.90. The lowest BCUT2D eigenvalue weighted by Gasteiger charge is -2.08. The predicted molar refractivity (Wildman–Crippen MR) is 103 cm³/mol. The Morgan fingerprint density at radius 2 is 2.00 bits per heavy atom. The fraction of sp³-hybridized carbons (Fsp3) is 0.286. The van der Waals surface area contributed by atoms with E-state index < -0.39 is 17.7 Å². The number of aliphatic carboxylic acids is 1. The van der Waals surface area contributed by atoms with Gasteiger partial charge in [-0.2, -0.15) is 13.2 Å². The molecule has 3 nitrogen and oxygen atoms in total. The summed E-state index contributed by atoms with van der Waals surface area (Å²) in [5, 5.41) is 9.91. The molecule has 28 heavy (non-hydrogen) atoms. The zero-order valence-electron chi connectivity index (χ0n) is 15.1. The molecular formula is C21H18F3NO2S. The number of rotatable bonds is 4. The number of halogens is 3. The van der Waals surface area contributed by atoms with Gasteiger partial charge in [0.15, 0.2) is 0 Å². The fourth-order valence-corrected chi connectivity index (χ4v) is 4.89. The van der Waals surface area contributed by atoms with E-state index in [9.17, 15) is 23.1 Å². The number of benzene rings is 2. The number of aromatic nitrogens is 1. The molecule has 0 saturated carbocycles. The molecule has 0 radical (unpaired) electrons. The molecule has 7 heteroatoms. The van der Waals surface area contributed by atoms with Crippen LogP contribution in [-0.4, -0.2) is 21.4 Å². The van der Waals surface area contributed by atoms with Crippen LogP contribution in [0, 0.1) is 6.92 Å². The van der Waals surface area contributed by atoms with Gasteiger partial charge >= 0.3 is 12.1 Å². The number of fused-ring (bicyclic) bond motifs is 2. The Morgan fingerprint density at radius 1 is 1.21 bits per heavy atom. The SMILES string of the molecule is Cc1c(Cc2ccc3c(c2)CCS3)c2ccc(C(F)(F)F)cc2n1CC(=O)O. The van der Waals surface area contributed by atoms with Crippen molar-refractivity contribution in [3.8, 4) is 0 Å². The summed E-state index contributed by atoms with van der Waals surface area (Å²) in [5.74, 6) is -0.0193. The van der Waals surface area contributed by atoms with Gasteiger partial charge in [-0.05, 0) is 54.7 Å². The van der Waals surface area contributed by atoms with Crippen LogP contribution in [0.3, 0.4) is 0 Å². The fourth-order valence-electron chi connectivity index (χ4n) is 3.84. The molecule has 3 aromatic rings. The van der Waals surface area contributed by atoms with Crippen molar-refractivity contribution in [2.24, 2.45) is 0 Å². The summed E-state index contributed by atoms with van der Waals surface area (Å²) in [4.78, 5) is 12.6. The van der Waals surface area contributed by atoms with E-state index in [1.165, 1.54) is 21.1 Å². The van der Waals surface area contributed by atoms with Crippen LogP contribution in [-0.2, 0) is 30.4 Å². The van der Waals surface area contributed by atoms with Crippen LogP contribution in [0.25, 0.3) is 10.9 Å². The molecule has 0 fully saturated rings. The van der Waals surface area contributed by atoms with Crippen LogP contribution in [0.5, 0.6) is 0 Å². The van der Waals surface area contributed by atoms with Crippen molar-refractivity contribution in [2.75, 3.05) is 5.75 Å². The Labute approximate surface area is 164 Å². The van der Waals surface area contributed by atoms with Gasteiger partial charge in [-0.25, -0.2) is 0 Å². The maximum Gasteiger partial charge on any atom is 0.416 e. The zero-order chi connectivity index (χ0) is 20.1. The maximum absolute atomic E-state index is 13.2. The van der Waals surface area contributed by atoms with E-state index in [1.807, 2.05) is 17.8 Å². The number of carbonyl (C=O) groups is 1. The first-order valence-corrected chi connectivity index (χ1v) is 9.88. The number of carboxylic acid groups (broad SMARTS) is 1. The summed E-state index contributed by atoms with van der Waals surface area (Å²) in [6, 6.07) is 9.86. The lowest BCUT2D eigenvalue weighted by Crippen LogP contribution is -2.11. The van der Waals surface area contributed by atoms with E-state index in [1.54, 1.807) is 6.92 Å². The minimum atomic E-state index is -4.47. The third-order valence-corrected chi connectivity index (χ3v) is 6.33. The quantitative estimate of drug-likeness (QED) is 0.641. The number of nitrogens with zero attached hydrogens (tertiary/aromatic N) is 1. The van der Waals surface area contributed by atoms with Crippen LogP contribution in [0.2, 0.25) is 0 Å². The standard InChI is InChI=1S/C21H18F3NO2S/c1-12-17(9-13-2-5-19-14(8-13)6-7-28-19)16-4-3-15(21(22,23)24)10-18(16)25(12)11-20(26)27/h2-5,8,10H,6-7,9,11H2,1H3,(H,26,27). The highest BCUT2D eigenvalue weighted by Gasteiger charge is 2.31. The average Bonchev–Trinajstić information content (AvgIpc) is 3.18. The molecule has 1 aliphatic rings. The third-order valence-electron chi connectivity index (χ3n) is 5.21. The highest BCUT2D eigenvalue weighted by molar-refractivity contribution is 7.99. The Bertz CT molecular complexity index is 1090. The van der Waals surface area contributed by atoms with Gasteiger partial charge in [0, 0.05) is 27.2 Å². The summed E-state index contributed by atoms with van der Waals surface area (Å²) in [6.45, 7) is 1.40. The van der Waals surface area contributed by atoms with Crippen molar-refractivity contribution in [2.45, 2.75) is 37.4 Å². The summed E-state index contributed by atoms with van der Waals surface area (Å²) < 4.78 is 41.0. The van der Waals surface area contributed by atoms with Crippen molar-refractivity contribution < 1.29 is 23.1 Å². The van der Waals surface area contributed by atoms with Crippen molar-refractivity contribution in [3.63, 3.8) is 0 Å². The van der Waals surface area contributed by atoms with E-state index >= 15 is 0 Å². The van der Waals surface area contributed by atoms with E-state index in [4.69, 9.17) is 0 Å². The first kappa shape index (κ1) is 18.9. The minimum Gasteiger partial charge on any atom is -0.480 e. The summed E-state index contributed by atoms with van der Waals surface area (Å²) in [5.41, 5.74) is 3.47. The van der Waals surface area contributed by atoms with Crippen LogP contribution in [0.15, 0.2) is 41.3 Å². The Kier molecular flexibility index (Phi) is 4.65. The summed E-state index contributed by atoms with van der Waals surface area (Å²) in [7, 11) is 0. The normalized spacial score (nSPS) is 13.9. The molecule has 0 bridgehead atoms. The Morgan fingerprint density at radius 3 is 2.71 bits per heavy atom. The molecular weight excluding hydrogens is 387 g/mol. The van der Waals surface area contributed by atoms with Crippen molar-refractivity contribution >= 4 is 28.6 Å². The van der Waals surface area contributed by atoms with Crippen LogP contribution in [0.4, 0.5) is 13.2 Å². The van der Waals surface area contributed by atoms with Crippen molar-refractivity contribution in [1.82, 2.24) is 4.57 Å². The highest BCUT2D eigenvalue weighted by atomic mass is 32.2. The molecule has 0 atom stereocenters. The molecule has 1 N–H and O–H groups in total. The van der Waals surface area contributed by atoms with Gasteiger partial charge in [-0.3, -0.25) is 4.79 Å². The van der Waals surface area contributed by atoms with Gasteiger partial charge in [0.2, 0.25) is 0 Å². The number of aryl methyl sites for hydroxylation is 1. The molecule has 2 aromatic carbocycles. The van der Waals surface area contributed by atoms with Gasteiger partial charge in [-0.1, -0.05) is 18.2 Å². The predicted octanol–water partition coefficient (Wildman–Crippen LogP) is 5.29.